The van der Waals surface area contributed by atoms with Crippen molar-refractivity contribution in [3.63, 3.8) is 0 Å². The molecule has 11 heavy (non-hydrogen) atoms. The Labute approximate surface area is 61.1 Å². The maximum atomic E-state index is 10.7. The van der Waals surface area contributed by atoms with E-state index < -0.39 is 5.76 Å². The first-order valence-corrected chi connectivity index (χ1v) is 3.08. The second-order valence-corrected chi connectivity index (χ2v) is 2.18. The number of hydrogen-bond acceptors (Lipinski definition) is 4. The monoisotopic (exact) mass is 151 g/mol. The largest absolute Gasteiger partial charge is 0.417 e. The lowest BCUT2D eigenvalue weighted by atomic mass is 10.4. The lowest BCUT2D eigenvalue weighted by molar-refractivity contribution is 0.553. The fourth-order valence-electron chi connectivity index (χ4n) is 0.918. The van der Waals surface area contributed by atoms with Gasteiger partial charge in [-0.2, -0.15) is 10.2 Å². The summed E-state index contributed by atoms with van der Waals surface area (Å²) >= 11 is 0. The molecule has 2 heterocycles. The summed E-state index contributed by atoms with van der Waals surface area (Å²) in [4.78, 5) is 13.2. The molecule has 0 atom stereocenters. The average molecular weight is 151 g/mol. The van der Waals surface area contributed by atoms with E-state index in [0.717, 1.165) is 0 Å². The van der Waals surface area contributed by atoms with E-state index in [4.69, 9.17) is 4.42 Å². The highest BCUT2D eigenvalue weighted by atomic mass is 16.4. The van der Waals surface area contributed by atoms with Crippen LogP contribution >= 0.6 is 0 Å². The zero-order valence-electron chi connectivity index (χ0n) is 5.79. The van der Waals surface area contributed by atoms with Crippen molar-refractivity contribution in [1.82, 2.24) is 15.2 Å². The van der Waals surface area contributed by atoms with Gasteiger partial charge in [-0.15, -0.1) is 0 Å². The summed E-state index contributed by atoms with van der Waals surface area (Å²) in [5, 5.41) is 7.36. The van der Waals surface area contributed by atoms with Crippen LogP contribution in [0.1, 0.15) is 5.69 Å². The van der Waals surface area contributed by atoms with E-state index >= 15 is 0 Å². The summed E-state index contributed by atoms with van der Waals surface area (Å²) in [7, 11) is 0. The molecule has 5 nitrogen and oxygen atoms in total. The van der Waals surface area contributed by atoms with Gasteiger partial charge in [0.25, 0.3) is 0 Å². The molecule has 2 rings (SSSR count). The second kappa shape index (κ2) is 1.91. The quantitative estimate of drug-likeness (QED) is 0.584. The molecule has 0 aliphatic rings. The summed E-state index contributed by atoms with van der Waals surface area (Å²) in [6.07, 6.45) is 1.40. The van der Waals surface area contributed by atoms with Crippen molar-refractivity contribution in [3.8, 4) is 0 Å². The Bertz CT molecular complexity index is 442. The molecule has 5 heteroatoms. The fraction of sp³-hybridized carbons (Fsp3) is 0.167. The van der Waals surface area contributed by atoms with Crippen molar-refractivity contribution in [2.45, 2.75) is 6.92 Å². The third kappa shape index (κ3) is 0.813. The van der Waals surface area contributed by atoms with Gasteiger partial charge in [-0.1, -0.05) is 0 Å². The molecular formula is C6H5N3O2. The number of nitrogens with one attached hydrogen (secondary N) is 1. The third-order valence-electron chi connectivity index (χ3n) is 1.42. The zero-order valence-corrected chi connectivity index (χ0v) is 5.79. The molecule has 0 bridgehead atoms. The van der Waals surface area contributed by atoms with Gasteiger partial charge in [-0.25, -0.2) is 4.79 Å². The molecule has 0 aliphatic heterocycles. The maximum absolute atomic E-state index is 10.7. The first kappa shape index (κ1) is 6.09. The highest BCUT2D eigenvalue weighted by Crippen LogP contribution is 2.08. The van der Waals surface area contributed by atoms with Crippen LogP contribution in [0, 0.1) is 6.92 Å². The highest BCUT2D eigenvalue weighted by molar-refractivity contribution is 5.72. The van der Waals surface area contributed by atoms with E-state index in [9.17, 15) is 4.79 Å². The SMILES string of the molecule is Cc1nncc2oc(=O)[nH]c12. The molecule has 0 spiro atoms. The number of oxazole rings is 1. The van der Waals surface area contributed by atoms with Crippen LogP contribution in [0.4, 0.5) is 0 Å². The normalized spacial score (nSPS) is 10.6. The minimum absolute atomic E-state index is 0.447. The van der Waals surface area contributed by atoms with Gasteiger partial charge in [0.2, 0.25) is 0 Å². The number of aromatic amines is 1. The summed E-state index contributed by atoms with van der Waals surface area (Å²) < 4.78 is 4.74. The van der Waals surface area contributed by atoms with Crippen LogP contribution in [0.15, 0.2) is 15.4 Å². The Morgan fingerprint density at radius 1 is 1.64 bits per heavy atom. The molecule has 0 saturated heterocycles. The molecule has 0 unspecified atom stereocenters. The van der Waals surface area contributed by atoms with Crippen LogP contribution in [0.3, 0.4) is 0 Å². The van der Waals surface area contributed by atoms with Crippen molar-refractivity contribution >= 4 is 11.1 Å². The van der Waals surface area contributed by atoms with Gasteiger partial charge >= 0.3 is 5.76 Å². The van der Waals surface area contributed by atoms with Crippen molar-refractivity contribution in [3.05, 3.63) is 22.4 Å². The van der Waals surface area contributed by atoms with Gasteiger partial charge in [-0.05, 0) is 6.92 Å². The molecule has 2 aromatic rings. The smallest absolute Gasteiger partial charge is 0.406 e. The summed E-state index contributed by atoms with van der Waals surface area (Å²) in [5.41, 5.74) is 1.72. The van der Waals surface area contributed by atoms with E-state index in [1.807, 2.05) is 0 Å². The number of aromatic nitrogens is 3. The predicted octanol–water partition coefficient (Wildman–Crippen LogP) is 0.220. The molecular weight excluding hydrogens is 146 g/mol. The fourth-order valence-corrected chi connectivity index (χ4v) is 0.918. The zero-order chi connectivity index (χ0) is 7.84. The first-order valence-electron chi connectivity index (χ1n) is 3.08. The van der Waals surface area contributed by atoms with Gasteiger partial charge < -0.3 is 4.42 Å². The molecule has 0 fully saturated rings. The summed E-state index contributed by atoms with van der Waals surface area (Å²) in [6, 6.07) is 0. The number of aryl methyl sites for hydroxylation is 1. The summed E-state index contributed by atoms with van der Waals surface area (Å²) in [6.45, 7) is 1.75. The van der Waals surface area contributed by atoms with Crippen LogP contribution in [0.2, 0.25) is 0 Å². The number of fused-ring (bicyclic) bond motifs is 1. The van der Waals surface area contributed by atoms with E-state index in [1.165, 1.54) is 6.20 Å². The molecule has 0 aromatic carbocycles. The Morgan fingerprint density at radius 3 is 3.18 bits per heavy atom. The molecule has 1 N–H and O–H groups in total. The molecule has 0 radical (unpaired) electrons. The van der Waals surface area contributed by atoms with Crippen LogP contribution in [-0.2, 0) is 0 Å². The number of hydrogen-bond donors (Lipinski definition) is 1. The van der Waals surface area contributed by atoms with Crippen LogP contribution in [0.5, 0.6) is 0 Å². The van der Waals surface area contributed by atoms with Gasteiger partial charge in [0.15, 0.2) is 5.58 Å². The topological polar surface area (TPSA) is 71.8 Å². The van der Waals surface area contributed by atoms with E-state index in [1.54, 1.807) is 6.92 Å². The molecule has 56 valence electrons. The molecule has 0 aliphatic carbocycles. The summed E-state index contributed by atoms with van der Waals surface area (Å²) in [5.74, 6) is -0.474. The Hall–Kier alpha value is -1.65. The highest BCUT2D eigenvalue weighted by Gasteiger charge is 2.03. The number of rotatable bonds is 0. The van der Waals surface area contributed by atoms with Gasteiger partial charge in [0, 0.05) is 0 Å². The van der Waals surface area contributed by atoms with Gasteiger partial charge in [0.1, 0.15) is 5.52 Å². The van der Waals surface area contributed by atoms with Crippen molar-refractivity contribution in [1.29, 1.82) is 0 Å². The van der Waals surface area contributed by atoms with E-state index in [2.05, 4.69) is 15.2 Å². The number of nitrogens with zero attached hydrogens (tertiary/aromatic N) is 2. The first-order chi connectivity index (χ1) is 5.27. The van der Waals surface area contributed by atoms with Crippen LogP contribution in [0.25, 0.3) is 11.1 Å². The van der Waals surface area contributed by atoms with Gasteiger partial charge in [0.05, 0.1) is 11.9 Å². The molecule has 2 aromatic heterocycles. The lowest BCUT2D eigenvalue weighted by Gasteiger charge is -1.87. The van der Waals surface area contributed by atoms with Crippen LogP contribution < -0.4 is 5.76 Å². The van der Waals surface area contributed by atoms with Crippen molar-refractivity contribution in [2.75, 3.05) is 0 Å². The Kier molecular flexibility index (Phi) is 1.06. The third-order valence-corrected chi connectivity index (χ3v) is 1.42. The molecule has 0 amide bonds. The minimum atomic E-state index is -0.474. The maximum Gasteiger partial charge on any atom is 0.417 e. The van der Waals surface area contributed by atoms with Crippen molar-refractivity contribution in [2.24, 2.45) is 0 Å². The van der Waals surface area contributed by atoms with Crippen molar-refractivity contribution < 1.29 is 4.42 Å². The predicted molar refractivity (Wildman–Crippen MR) is 37.2 cm³/mol. The Balaban J connectivity index is 3.01. The number of H-pyrrole nitrogens is 1. The second-order valence-electron chi connectivity index (χ2n) is 2.18. The Morgan fingerprint density at radius 2 is 2.45 bits per heavy atom. The lowest BCUT2D eigenvalue weighted by Crippen LogP contribution is -1.94. The van der Waals surface area contributed by atoms with Crippen LogP contribution in [-0.4, -0.2) is 15.2 Å². The standard InChI is InChI=1S/C6H5N3O2/c1-3-5-4(2-7-9-3)11-6(10)8-5/h2H,1H3,(H,8,10). The van der Waals surface area contributed by atoms with E-state index in [0.29, 0.717) is 16.8 Å². The average Bonchev–Trinajstić information content (AvgIpc) is 2.31. The molecule has 0 saturated carbocycles. The minimum Gasteiger partial charge on any atom is -0.406 e. The van der Waals surface area contributed by atoms with Gasteiger partial charge in [-0.3, -0.25) is 4.98 Å². The van der Waals surface area contributed by atoms with E-state index in [-0.39, 0.29) is 0 Å².